The monoisotopic (exact) mass is 364 g/mol. The van der Waals surface area contributed by atoms with Crippen LogP contribution in [-0.2, 0) is 4.74 Å². The summed E-state index contributed by atoms with van der Waals surface area (Å²) < 4.78 is 5.00. The molecule has 0 aliphatic carbocycles. The Morgan fingerprint density at radius 3 is 2.85 bits per heavy atom. The molecule has 1 amide bonds. The van der Waals surface area contributed by atoms with Gasteiger partial charge >= 0.3 is 0 Å². The number of hydrogen-bond acceptors (Lipinski definition) is 4. The summed E-state index contributed by atoms with van der Waals surface area (Å²) in [5, 5.41) is 14.4. The predicted octanol–water partition coefficient (Wildman–Crippen LogP) is 2.78. The summed E-state index contributed by atoms with van der Waals surface area (Å²) in [4.78, 5) is 22.5. The number of carbonyl (C=O) groups is 1. The highest BCUT2D eigenvalue weighted by molar-refractivity contribution is 9.09. The lowest BCUT2D eigenvalue weighted by molar-refractivity contribution is -0.385. The number of methoxy groups -OCH3 is 1. The fourth-order valence-electron chi connectivity index (χ4n) is 1.68. The summed E-state index contributed by atoms with van der Waals surface area (Å²) in [5.74, 6) is -0.578. The van der Waals surface area contributed by atoms with Crippen molar-refractivity contribution in [3.63, 3.8) is 0 Å². The van der Waals surface area contributed by atoms with E-state index < -0.39 is 10.8 Å². The van der Waals surface area contributed by atoms with E-state index in [1.807, 2.05) is 0 Å². The van der Waals surface area contributed by atoms with Crippen LogP contribution in [0.5, 0.6) is 0 Å². The van der Waals surface area contributed by atoms with Gasteiger partial charge in [-0.05, 0) is 12.5 Å². The summed E-state index contributed by atoms with van der Waals surface area (Å²) >= 11 is 9.18. The quantitative estimate of drug-likeness (QED) is 0.457. The van der Waals surface area contributed by atoms with Gasteiger partial charge in [0, 0.05) is 18.5 Å². The van der Waals surface area contributed by atoms with E-state index in [0.717, 1.165) is 0 Å². The van der Waals surface area contributed by atoms with Gasteiger partial charge in [0.15, 0.2) is 0 Å². The van der Waals surface area contributed by atoms with Crippen molar-refractivity contribution >= 4 is 39.1 Å². The van der Waals surface area contributed by atoms with Crippen LogP contribution in [0.2, 0.25) is 5.02 Å². The van der Waals surface area contributed by atoms with Crippen LogP contribution in [0.1, 0.15) is 16.8 Å². The van der Waals surface area contributed by atoms with Crippen molar-refractivity contribution in [2.45, 2.75) is 12.5 Å². The third-order valence-corrected chi connectivity index (χ3v) is 3.35. The Balaban J connectivity index is 2.99. The maximum absolute atomic E-state index is 12.2. The Morgan fingerprint density at radius 1 is 1.60 bits per heavy atom. The molecule has 0 heterocycles. The molecular weight excluding hydrogens is 351 g/mol. The molecular formula is C12H14BrClN2O4. The number of nitro groups is 1. The summed E-state index contributed by atoms with van der Waals surface area (Å²) in [6.45, 7) is 0.315. The molecule has 1 N–H and O–H groups in total. The molecule has 1 unspecified atom stereocenters. The van der Waals surface area contributed by atoms with Gasteiger partial charge in [-0.3, -0.25) is 14.9 Å². The van der Waals surface area contributed by atoms with E-state index in [1.165, 1.54) is 25.3 Å². The maximum atomic E-state index is 12.2. The molecule has 0 aromatic heterocycles. The molecule has 0 radical (unpaired) electrons. The molecule has 0 fully saturated rings. The first-order valence-corrected chi connectivity index (χ1v) is 7.29. The van der Waals surface area contributed by atoms with Gasteiger partial charge in [0.1, 0.15) is 5.56 Å². The second-order valence-electron chi connectivity index (χ2n) is 3.99. The zero-order valence-electron chi connectivity index (χ0n) is 10.8. The molecule has 0 saturated heterocycles. The van der Waals surface area contributed by atoms with Crippen molar-refractivity contribution in [2.24, 2.45) is 0 Å². The van der Waals surface area contributed by atoms with Gasteiger partial charge in [0.05, 0.1) is 22.6 Å². The SMILES string of the molecule is COCC(CCBr)NC(=O)c1c(Cl)cccc1[N+](=O)[O-]. The molecule has 0 aliphatic rings. The highest BCUT2D eigenvalue weighted by Crippen LogP contribution is 2.26. The number of nitrogens with one attached hydrogen (secondary N) is 1. The smallest absolute Gasteiger partial charge is 0.283 e. The summed E-state index contributed by atoms with van der Waals surface area (Å²) in [6.07, 6.45) is 0.637. The molecule has 8 heteroatoms. The molecule has 6 nitrogen and oxygen atoms in total. The van der Waals surface area contributed by atoms with Crippen LogP contribution >= 0.6 is 27.5 Å². The third-order valence-electron chi connectivity index (χ3n) is 2.58. The van der Waals surface area contributed by atoms with Crippen molar-refractivity contribution in [3.8, 4) is 0 Å². The van der Waals surface area contributed by atoms with Crippen molar-refractivity contribution < 1.29 is 14.5 Å². The number of hydrogen-bond donors (Lipinski definition) is 1. The van der Waals surface area contributed by atoms with Crippen LogP contribution in [-0.4, -0.2) is 35.9 Å². The van der Waals surface area contributed by atoms with E-state index in [9.17, 15) is 14.9 Å². The maximum Gasteiger partial charge on any atom is 0.283 e. The highest BCUT2D eigenvalue weighted by atomic mass is 79.9. The van der Waals surface area contributed by atoms with E-state index in [1.54, 1.807) is 0 Å². The number of carbonyl (C=O) groups excluding carboxylic acids is 1. The third kappa shape index (κ3) is 4.43. The average Bonchev–Trinajstić information content (AvgIpc) is 2.38. The van der Waals surface area contributed by atoms with Crippen LogP contribution in [0.3, 0.4) is 0 Å². The van der Waals surface area contributed by atoms with Gasteiger partial charge in [-0.15, -0.1) is 0 Å². The summed E-state index contributed by atoms with van der Waals surface area (Å²) in [5.41, 5.74) is -0.445. The average molecular weight is 366 g/mol. The van der Waals surface area contributed by atoms with Gasteiger partial charge < -0.3 is 10.1 Å². The van der Waals surface area contributed by atoms with Gasteiger partial charge in [0.2, 0.25) is 0 Å². The zero-order valence-corrected chi connectivity index (χ0v) is 13.1. The minimum absolute atomic E-state index is 0.0479. The number of benzene rings is 1. The standard InChI is InChI=1S/C12H14BrClN2O4/c1-20-7-8(5-6-13)15-12(17)11-9(14)3-2-4-10(11)16(18)19/h2-4,8H,5-7H2,1H3,(H,15,17). The van der Waals surface area contributed by atoms with E-state index in [4.69, 9.17) is 16.3 Å². The van der Waals surface area contributed by atoms with Gasteiger partial charge in [0.25, 0.3) is 11.6 Å². The zero-order chi connectivity index (χ0) is 15.1. The van der Waals surface area contributed by atoms with Crippen LogP contribution in [0.15, 0.2) is 18.2 Å². The fraction of sp³-hybridized carbons (Fsp3) is 0.417. The first-order valence-electron chi connectivity index (χ1n) is 5.80. The number of halogens is 2. The lowest BCUT2D eigenvalue weighted by atomic mass is 10.1. The van der Waals surface area contributed by atoms with Crippen LogP contribution in [0, 0.1) is 10.1 Å². The Bertz CT molecular complexity index is 492. The van der Waals surface area contributed by atoms with Crippen molar-refractivity contribution in [1.29, 1.82) is 0 Å². The predicted molar refractivity (Wildman–Crippen MR) is 79.6 cm³/mol. The molecule has 1 atom stereocenters. The minimum Gasteiger partial charge on any atom is -0.383 e. The van der Waals surface area contributed by atoms with E-state index in [0.29, 0.717) is 18.4 Å². The normalized spacial score (nSPS) is 11.9. The molecule has 0 aliphatic heterocycles. The molecule has 110 valence electrons. The number of ether oxygens (including phenoxy) is 1. The molecule has 1 aromatic rings. The molecule has 1 rings (SSSR count). The topological polar surface area (TPSA) is 81.5 Å². The van der Waals surface area contributed by atoms with E-state index in [2.05, 4.69) is 21.2 Å². The van der Waals surface area contributed by atoms with Crippen LogP contribution < -0.4 is 5.32 Å². The summed E-state index contributed by atoms with van der Waals surface area (Å²) in [6, 6.07) is 3.88. The van der Waals surface area contributed by atoms with E-state index in [-0.39, 0.29) is 22.3 Å². The first-order chi connectivity index (χ1) is 9.51. The number of nitrogens with zero attached hydrogens (tertiary/aromatic N) is 1. The van der Waals surface area contributed by atoms with Gasteiger partial charge in [-0.1, -0.05) is 33.6 Å². The largest absolute Gasteiger partial charge is 0.383 e. The number of nitro benzene ring substituents is 1. The van der Waals surface area contributed by atoms with E-state index >= 15 is 0 Å². The van der Waals surface area contributed by atoms with Crippen molar-refractivity contribution in [2.75, 3.05) is 19.0 Å². The number of amides is 1. The van der Waals surface area contributed by atoms with Gasteiger partial charge in [-0.25, -0.2) is 0 Å². The first kappa shape index (κ1) is 16.9. The second kappa shape index (κ2) is 8.18. The highest BCUT2D eigenvalue weighted by Gasteiger charge is 2.24. The number of alkyl halides is 1. The van der Waals surface area contributed by atoms with Crippen LogP contribution in [0.4, 0.5) is 5.69 Å². The molecule has 0 bridgehead atoms. The Kier molecular flexibility index (Phi) is 6.90. The summed E-state index contributed by atoms with van der Waals surface area (Å²) in [7, 11) is 1.52. The molecule has 1 aromatic carbocycles. The lowest BCUT2D eigenvalue weighted by Gasteiger charge is -2.17. The van der Waals surface area contributed by atoms with Crippen molar-refractivity contribution in [1.82, 2.24) is 5.32 Å². The Hall–Kier alpha value is -1.18. The minimum atomic E-state index is -0.628. The second-order valence-corrected chi connectivity index (χ2v) is 5.19. The Morgan fingerprint density at radius 2 is 2.30 bits per heavy atom. The Labute approximate surface area is 129 Å². The molecule has 0 spiro atoms. The molecule has 0 saturated carbocycles. The molecule has 20 heavy (non-hydrogen) atoms. The van der Waals surface area contributed by atoms with Crippen molar-refractivity contribution in [3.05, 3.63) is 38.9 Å². The number of rotatable bonds is 7. The lowest BCUT2D eigenvalue weighted by Crippen LogP contribution is -2.38. The van der Waals surface area contributed by atoms with Crippen LogP contribution in [0.25, 0.3) is 0 Å². The van der Waals surface area contributed by atoms with Gasteiger partial charge in [-0.2, -0.15) is 0 Å². The fourth-order valence-corrected chi connectivity index (χ4v) is 2.49.